The summed E-state index contributed by atoms with van der Waals surface area (Å²) in [4.78, 5) is 16.7. The van der Waals surface area contributed by atoms with Gasteiger partial charge in [0, 0.05) is 42.6 Å². The topological polar surface area (TPSA) is 58.3 Å². The quantitative estimate of drug-likeness (QED) is 0.324. The van der Waals surface area contributed by atoms with Crippen molar-refractivity contribution in [2.24, 2.45) is 0 Å². The average Bonchev–Trinajstić information content (AvgIpc) is 3.41. The van der Waals surface area contributed by atoms with E-state index < -0.39 is 0 Å². The zero-order valence-corrected chi connectivity index (χ0v) is 20.3. The molecule has 0 amide bonds. The van der Waals surface area contributed by atoms with Crippen molar-refractivity contribution in [2.45, 2.75) is 12.1 Å². The zero-order valence-electron chi connectivity index (χ0n) is 20.3. The van der Waals surface area contributed by atoms with Gasteiger partial charge in [-0.05, 0) is 35.4 Å². The molecule has 6 nitrogen and oxygen atoms in total. The summed E-state index contributed by atoms with van der Waals surface area (Å²) in [6.07, 6.45) is 5.78. The lowest BCUT2D eigenvalue weighted by molar-refractivity contribution is 0.123. The van der Waals surface area contributed by atoms with Crippen molar-refractivity contribution < 1.29 is 0 Å². The number of pyridine rings is 1. The van der Waals surface area contributed by atoms with E-state index in [0.29, 0.717) is 11.9 Å². The average molecular weight is 483 g/mol. The lowest BCUT2D eigenvalue weighted by atomic mass is 9.93. The maximum atomic E-state index is 5.00. The van der Waals surface area contributed by atoms with E-state index in [1.165, 1.54) is 11.1 Å². The van der Waals surface area contributed by atoms with Crippen LogP contribution in [0.15, 0.2) is 116 Å². The van der Waals surface area contributed by atoms with Gasteiger partial charge in [0.15, 0.2) is 5.82 Å². The van der Waals surface area contributed by atoms with Crippen LogP contribution in [0, 0.1) is 0 Å². The molecule has 3 aromatic carbocycles. The number of likely N-dealkylation sites (tertiary alicyclic amines) is 1. The molecule has 1 N–H and O–H groups in total. The van der Waals surface area contributed by atoms with Crippen LogP contribution in [-0.4, -0.2) is 43.4 Å². The van der Waals surface area contributed by atoms with Gasteiger partial charge in [-0.2, -0.15) is 0 Å². The molecule has 7 rings (SSSR count). The van der Waals surface area contributed by atoms with Crippen molar-refractivity contribution in [3.8, 4) is 11.4 Å². The maximum Gasteiger partial charge on any atom is 0.163 e. The van der Waals surface area contributed by atoms with Gasteiger partial charge in [0.2, 0.25) is 0 Å². The zero-order chi connectivity index (χ0) is 24.6. The fourth-order valence-corrected chi connectivity index (χ4v) is 5.26. The first-order valence-electron chi connectivity index (χ1n) is 12.6. The van der Waals surface area contributed by atoms with Crippen LogP contribution < -0.4 is 5.32 Å². The van der Waals surface area contributed by atoms with E-state index in [-0.39, 0.29) is 6.04 Å². The molecular formula is C31H26N6. The predicted octanol–water partition coefficient (Wildman–Crippen LogP) is 5.83. The third-order valence-corrected chi connectivity index (χ3v) is 7.10. The Hall–Kier alpha value is -4.55. The molecule has 0 aliphatic carbocycles. The van der Waals surface area contributed by atoms with Crippen LogP contribution in [0.3, 0.4) is 0 Å². The van der Waals surface area contributed by atoms with E-state index in [0.717, 1.165) is 41.0 Å². The van der Waals surface area contributed by atoms with Crippen LogP contribution in [0.4, 0.5) is 5.82 Å². The number of benzene rings is 3. The Kier molecular flexibility index (Phi) is 5.37. The van der Waals surface area contributed by atoms with Gasteiger partial charge in [-0.15, -0.1) is 0 Å². The Balaban J connectivity index is 1.18. The van der Waals surface area contributed by atoms with E-state index in [2.05, 4.69) is 88.0 Å². The molecule has 0 radical (unpaired) electrons. The van der Waals surface area contributed by atoms with Crippen LogP contribution in [0.1, 0.15) is 17.2 Å². The first kappa shape index (κ1) is 21.7. The molecule has 0 atom stereocenters. The molecule has 1 fully saturated rings. The van der Waals surface area contributed by atoms with Gasteiger partial charge < -0.3 is 9.72 Å². The molecule has 0 spiro atoms. The van der Waals surface area contributed by atoms with E-state index in [1.54, 1.807) is 6.20 Å². The maximum absolute atomic E-state index is 5.00. The molecule has 3 aromatic heterocycles. The summed E-state index contributed by atoms with van der Waals surface area (Å²) in [6.45, 7) is 1.87. The SMILES string of the molecule is c1ccc(C(c2ccccc2)N2CC(Nc3nc(-c4ccc5nccn5c4)nc4ccccc34)C2)cc1. The van der Waals surface area contributed by atoms with Gasteiger partial charge >= 0.3 is 0 Å². The number of fused-ring (bicyclic) bond motifs is 2. The van der Waals surface area contributed by atoms with Crippen LogP contribution in [0.5, 0.6) is 0 Å². The molecule has 6 heteroatoms. The van der Waals surface area contributed by atoms with E-state index in [4.69, 9.17) is 9.97 Å². The number of hydrogen-bond acceptors (Lipinski definition) is 5. The number of rotatable bonds is 6. The first-order valence-corrected chi connectivity index (χ1v) is 12.6. The van der Waals surface area contributed by atoms with Gasteiger partial charge in [0.25, 0.3) is 0 Å². The summed E-state index contributed by atoms with van der Waals surface area (Å²) in [5.41, 5.74) is 5.43. The summed E-state index contributed by atoms with van der Waals surface area (Å²) in [7, 11) is 0. The Morgan fingerprint density at radius 1 is 0.757 bits per heavy atom. The largest absolute Gasteiger partial charge is 0.364 e. The van der Waals surface area contributed by atoms with Gasteiger partial charge in [0.1, 0.15) is 11.5 Å². The van der Waals surface area contributed by atoms with E-state index in [1.807, 2.05) is 41.1 Å². The highest BCUT2D eigenvalue weighted by molar-refractivity contribution is 5.90. The smallest absolute Gasteiger partial charge is 0.163 e. The van der Waals surface area contributed by atoms with Crippen molar-refractivity contribution in [1.29, 1.82) is 0 Å². The molecule has 1 saturated heterocycles. The summed E-state index contributed by atoms with van der Waals surface area (Å²) < 4.78 is 2.00. The fraction of sp³-hybridized carbons (Fsp3) is 0.129. The number of hydrogen-bond donors (Lipinski definition) is 1. The second kappa shape index (κ2) is 9.15. The minimum Gasteiger partial charge on any atom is -0.364 e. The Morgan fingerprint density at radius 3 is 2.22 bits per heavy atom. The molecule has 37 heavy (non-hydrogen) atoms. The highest BCUT2D eigenvalue weighted by Gasteiger charge is 2.34. The monoisotopic (exact) mass is 482 g/mol. The minimum absolute atomic E-state index is 0.236. The van der Waals surface area contributed by atoms with Crippen LogP contribution in [-0.2, 0) is 0 Å². The second-order valence-corrected chi connectivity index (χ2v) is 9.54. The molecule has 1 aliphatic rings. The van der Waals surface area contributed by atoms with Crippen molar-refractivity contribution >= 4 is 22.4 Å². The van der Waals surface area contributed by atoms with Crippen LogP contribution in [0.25, 0.3) is 27.9 Å². The predicted molar refractivity (Wildman–Crippen MR) is 147 cm³/mol. The van der Waals surface area contributed by atoms with Crippen molar-refractivity contribution in [3.63, 3.8) is 0 Å². The molecular weight excluding hydrogens is 456 g/mol. The summed E-state index contributed by atoms with van der Waals surface area (Å²) in [5.74, 6) is 1.59. The third kappa shape index (κ3) is 4.11. The standard InChI is InChI=1S/C31H26N6/c1-3-9-22(10-4-1)29(23-11-5-2-6-12-23)37-20-25(21-37)33-31-26-13-7-8-14-27(26)34-30(35-31)24-15-16-28-32-17-18-36(28)19-24/h1-19,25,29H,20-21H2,(H,33,34,35). The van der Waals surface area contributed by atoms with Gasteiger partial charge in [0.05, 0.1) is 17.6 Å². The lowest BCUT2D eigenvalue weighted by Gasteiger charge is -2.45. The number of nitrogens with one attached hydrogen (secondary N) is 1. The Bertz CT molecular complexity index is 1630. The number of imidazole rings is 1. The van der Waals surface area contributed by atoms with Crippen LogP contribution >= 0.6 is 0 Å². The van der Waals surface area contributed by atoms with Gasteiger partial charge in [-0.1, -0.05) is 72.8 Å². The Labute approximate surface area is 215 Å². The molecule has 1 aliphatic heterocycles. The fourth-order valence-electron chi connectivity index (χ4n) is 5.26. The number of para-hydroxylation sites is 1. The molecule has 0 bridgehead atoms. The summed E-state index contributed by atoms with van der Waals surface area (Å²) in [6, 6.07) is 34.3. The van der Waals surface area contributed by atoms with E-state index >= 15 is 0 Å². The molecule has 180 valence electrons. The Morgan fingerprint density at radius 2 is 1.46 bits per heavy atom. The molecule has 0 unspecified atom stereocenters. The van der Waals surface area contributed by atoms with Gasteiger partial charge in [-0.3, -0.25) is 4.90 Å². The first-order chi connectivity index (χ1) is 18.3. The molecule has 4 heterocycles. The lowest BCUT2D eigenvalue weighted by Crippen LogP contribution is -2.56. The minimum atomic E-state index is 0.236. The normalized spacial score (nSPS) is 14.3. The van der Waals surface area contributed by atoms with E-state index in [9.17, 15) is 0 Å². The molecule has 0 saturated carbocycles. The van der Waals surface area contributed by atoms with Crippen molar-refractivity contribution in [2.75, 3.05) is 18.4 Å². The number of nitrogens with zero attached hydrogens (tertiary/aromatic N) is 5. The summed E-state index contributed by atoms with van der Waals surface area (Å²) >= 11 is 0. The van der Waals surface area contributed by atoms with Crippen molar-refractivity contribution in [1.82, 2.24) is 24.3 Å². The van der Waals surface area contributed by atoms with Crippen molar-refractivity contribution in [3.05, 3.63) is 127 Å². The van der Waals surface area contributed by atoms with Gasteiger partial charge in [-0.25, -0.2) is 15.0 Å². The number of anilines is 1. The second-order valence-electron chi connectivity index (χ2n) is 9.54. The number of aromatic nitrogens is 4. The highest BCUT2D eigenvalue weighted by Crippen LogP contribution is 2.34. The summed E-state index contributed by atoms with van der Waals surface area (Å²) in [5, 5.41) is 4.78. The third-order valence-electron chi connectivity index (χ3n) is 7.10. The van der Waals surface area contributed by atoms with Crippen LogP contribution in [0.2, 0.25) is 0 Å². The highest BCUT2D eigenvalue weighted by atomic mass is 15.3. The molecule has 6 aromatic rings.